The van der Waals surface area contributed by atoms with Crippen LogP contribution in [0.4, 0.5) is 0 Å². The van der Waals surface area contributed by atoms with Gasteiger partial charge in [0.15, 0.2) is 11.5 Å². The van der Waals surface area contributed by atoms with Crippen molar-refractivity contribution in [2.24, 2.45) is 0 Å². The van der Waals surface area contributed by atoms with Gasteiger partial charge < -0.3 is 19.7 Å². The number of benzene rings is 2. The molecule has 2 amide bonds. The number of carbonyl (C=O) groups excluding carboxylic acids is 2. The minimum Gasteiger partial charge on any atom is -0.454 e. The van der Waals surface area contributed by atoms with Crippen molar-refractivity contribution >= 4 is 11.8 Å². The van der Waals surface area contributed by atoms with Crippen molar-refractivity contribution in [2.75, 3.05) is 13.3 Å². The van der Waals surface area contributed by atoms with Gasteiger partial charge in [0.1, 0.15) is 6.04 Å². The molecule has 0 aliphatic carbocycles. The van der Waals surface area contributed by atoms with Crippen LogP contribution in [0.1, 0.15) is 49.8 Å². The third-order valence-electron chi connectivity index (χ3n) is 5.60. The Hall–Kier alpha value is -3.02. The largest absolute Gasteiger partial charge is 0.454 e. The second-order valence-corrected chi connectivity index (χ2v) is 7.85. The Morgan fingerprint density at radius 2 is 1.87 bits per heavy atom. The second-order valence-electron chi connectivity index (χ2n) is 7.85. The van der Waals surface area contributed by atoms with Crippen LogP contribution in [0, 0.1) is 6.92 Å². The van der Waals surface area contributed by atoms with Crippen molar-refractivity contribution in [1.82, 2.24) is 10.2 Å². The molecule has 0 radical (unpaired) electrons. The van der Waals surface area contributed by atoms with Crippen LogP contribution >= 0.6 is 0 Å². The average molecular weight is 425 g/mol. The first kappa shape index (κ1) is 22.7. The van der Waals surface area contributed by atoms with Gasteiger partial charge in [0.25, 0.3) is 0 Å². The first-order valence-corrected chi connectivity index (χ1v) is 11.0. The van der Waals surface area contributed by atoms with Crippen molar-refractivity contribution in [3.05, 3.63) is 59.2 Å². The van der Waals surface area contributed by atoms with Crippen molar-refractivity contribution < 1.29 is 19.1 Å². The van der Waals surface area contributed by atoms with Crippen molar-refractivity contribution in [1.29, 1.82) is 0 Å². The topological polar surface area (TPSA) is 67.9 Å². The number of nitrogens with zero attached hydrogens (tertiary/aromatic N) is 1. The number of fused-ring (bicyclic) bond motifs is 1. The van der Waals surface area contributed by atoms with Crippen LogP contribution in [0.3, 0.4) is 0 Å². The summed E-state index contributed by atoms with van der Waals surface area (Å²) >= 11 is 0. The Balaban J connectivity index is 1.76. The predicted octanol–water partition coefficient (Wildman–Crippen LogP) is 3.99. The molecule has 166 valence electrons. The van der Waals surface area contributed by atoms with Crippen LogP contribution in [-0.2, 0) is 22.6 Å². The maximum absolute atomic E-state index is 13.3. The van der Waals surface area contributed by atoms with Crippen LogP contribution in [0.5, 0.6) is 11.5 Å². The number of amides is 2. The van der Waals surface area contributed by atoms with Crippen LogP contribution in [0.2, 0.25) is 0 Å². The molecular formula is C25H32N2O4. The van der Waals surface area contributed by atoms with Crippen molar-refractivity contribution in [2.45, 2.75) is 59.0 Å². The molecular weight excluding hydrogens is 392 g/mol. The first-order valence-electron chi connectivity index (χ1n) is 11.0. The Labute approximate surface area is 184 Å². The summed E-state index contributed by atoms with van der Waals surface area (Å²) in [7, 11) is 0. The molecule has 0 saturated heterocycles. The van der Waals surface area contributed by atoms with Gasteiger partial charge in [-0.05, 0) is 55.0 Å². The van der Waals surface area contributed by atoms with E-state index < -0.39 is 6.04 Å². The molecule has 0 aromatic heterocycles. The van der Waals surface area contributed by atoms with Crippen LogP contribution in [0.15, 0.2) is 42.5 Å². The van der Waals surface area contributed by atoms with Gasteiger partial charge in [-0.25, -0.2) is 0 Å². The molecule has 1 atom stereocenters. The third kappa shape index (κ3) is 5.78. The molecule has 1 aliphatic rings. The van der Waals surface area contributed by atoms with E-state index in [1.165, 1.54) is 0 Å². The quantitative estimate of drug-likeness (QED) is 0.626. The molecule has 2 aromatic carbocycles. The molecule has 2 aromatic rings. The highest BCUT2D eigenvalue weighted by molar-refractivity contribution is 5.87. The smallest absolute Gasteiger partial charge is 0.242 e. The fraction of sp³-hybridized carbons (Fsp3) is 0.440. The molecule has 0 fully saturated rings. The normalized spacial score (nSPS) is 13.0. The summed E-state index contributed by atoms with van der Waals surface area (Å²) in [5, 5.41) is 2.96. The van der Waals surface area contributed by atoms with E-state index in [0.29, 0.717) is 38.1 Å². The number of nitrogens with one attached hydrogen (secondary N) is 1. The van der Waals surface area contributed by atoms with E-state index in [4.69, 9.17) is 9.47 Å². The Bertz CT molecular complexity index is 912. The highest BCUT2D eigenvalue weighted by Gasteiger charge is 2.28. The van der Waals surface area contributed by atoms with E-state index in [2.05, 4.69) is 5.32 Å². The number of carbonyl (C=O) groups is 2. The average Bonchev–Trinajstić information content (AvgIpc) is 3.25. The molecule has 0 spiro atoms. The highest BCUT2D eigenvalue weighted by atomic mass is 16.7. The fourth-order valence-corrected chi connectivity index (χ4v) is 3.75. The van der Waals surface area contributed by atoms with Crippen molar-refractivity contribution in [3.63, 3.8) is 0 Å². The number of hydrogen-bond donors (Lipinski definition) is 1. The maximum atomic E-state index is 13.3. The van der Waals surface area contributed by atoms with Gasteiger partial charge in [0, 0.05) is 19.5 Å². The molecule has 1 N–H and O–H groups in total. The van der Waals surface area contributed by atoms with E-state index in [9.17, 15) is 9.59 Å². The summed E-state index contributed by atoms with van der Waals surface area (Å²) in [4.78, 5) is 27.9. The second kappa shape index (κ2) is 10.8. The lowest BCUT2D eigenvalue weighted by Crippen LogP contribution is -2.49. The highest BCUT2D eigenvalue weighted by Crippen LogP contribution is 2.32. The number of hydrogen-bond acceptors (Lipinski definition) is 4. The lowest BCUT2D eigenvalue weighted by Gasteiger charge is -2.31. The Morgan fingerprint density at radius 1 is 1.10 bits per heavy atom. The summed E-state index contributed by atoms with van der Waals surface area (Å²) in [5.74, 6) is 1.33. The molecule has 1 aliphatic heterocycles. The van der Waals surface area contributed by atoms with E-state index in [1.54, 1.807) is 4.90 Å². The Morgan fingerprint density at radius 3 is 2.61 bits per heavy atom. The zero-order valence-electron chi connectivity index (χ0n) is 18.6. The van der Waals surface area contributed by atoms with Gasteiger partial charge in [0.05, 0.1) is 0 Å². The van der Waals surface area contributed by atoms with Crippen molar-refractivity contribution in [3.8, 4) is 11.5 Å². The number of ether oxygens (including phenoxy) is 2. The molecule has 1 unspecified atom stereocenters. The van der Waals surface area contributed by atoms with Gasteiger partial charge in [-0.3, -0.25) is 9.59 Å². The minimum atomic E-state index is -0.490. The standard InChI is InChI=1S/C25H32N2O4/c1-4-14-26-25(29)21(5-2)27(16-20-9-7-6-8-18(20)3)24(28)13-11-19-10-12-22-23(15-19)31-17-30-22/h6-10,12,15,21H,4-5,11,13-14,16-17H2,1-3H3,(H,26,29). The molecule has 6 heteroatoms. The third-order valence-corrected chi connectivity index (χ3v) is 5.60. The molecule has 6 nitrogen and oxygen atoms in total. The lowest BCUT2D eigenvalue weighted by molar-refractivity contribution is -0.141. The van der Waals surface area contributed by atoms with Crippen LogP contribution in [-0.4, -0.2) is 36.1 Å². The molecule has 0 bridgehead atoms. The van der Waals surface area contributed by atoms with Crippen LogP contribution < -0.4 is 14.8 Å². The zero-order chi connectivity index (χ0) is 22.2. The predicted molar refractivity (Wildman–Crippen MR) is 120 cm³/mol. The number of rotatable bonds is 10. The molecule has 1 heterocycles. The van der Waals surface area contributed by atoms with Gasteiger partial charge in [0.2, 0.25) is 18.6 Å². The summed E-state index contributed by atoms with van der Waals surface area (Å²) in [6.07, 6.45) is 2.32. The summed E-state index contributed by atoms with van der Waals surface area (Å²) in [5.41, 5.74) is 3.18. The zero-order valence-corrected chi connectivity index (χ0v) is 18.6. The fourth-order valence-electron chi connectivity index (χ4n) is 3.75. The monoisotopic (exact) mass is 424 g/mol. The van der Waals surface area contributed by atoms with Crippen LogP contribution in [0.25, 0.3) is 0 Å². The molecule has 0 saturated carbocycles. The van der Waals surface area contributed by atoms with Gasteiger partial charge in [-0.15, -0.1) is 0 Å². The van der Waals surface area contributed by atoms with E-state index in [0.717, 1.165) is 28.9 Å². The molecule has 3 rings (SSSR count). The van der Waals surface area contributed by atoms with E-state index in [1.807, 2.05) is 63.2 Å². The molecule has 31 heavy (non-hydrogen) atoms. The van der Waals surface area contributed by atoms with Gasteiger partial charge in [-0.1, -0.05) is 44.2 Å². The maximum Gasteiger partial charge on any atom is 0.242 e. The summed E-state index contributed by atoms with van der Waals surface area (Å²) < 4.78 is 10.8. The van der Waals surface area contributed by atoms with E-state index in [-0.39, 0.29) is 18.6 Å². The lowest BCUT2D eigenvalue weighted by atomic mass is 10.0. The first-order chi connectivity index (χ1) is 15.0. The summed E-state index contributed by atoms with van der Waals surface area (Å²) in [6.45, 7) is 7.26. The van der Waals surface area contributed by atoms with Gasteiger partial charge in [-0.2, -0.15) is 0 Å². The van der Waals surface area contributed by atoms with E-state index >= 15 is 0 Å². The Kier molecular flexibility index (Phi) is 7.93. The van der Waals surface area contributed by atoms with Gasteiger partial charge >= 0.3 is 0 Å². The SMILES string of the molecule is CCCNC(=O)C(CC)N(Cc1ccccc1C)C(=O)CCc1ccc2c(c1)OCO2. The number of aryl methyl sites for hydroxylation is 2. The summed E-state index contributed by atoms with van der Waals surface area (Å²) in [6, 6.07) is 13.3. The minimum absolute atomic E-state index is 0.0283.